The van der Waals surface area contributed by atoms with E-state index in [1.807, 2.05) is 0 Å². The third-order valence-electron chi connectivity index (χ3n) is 2.92. The van der Waals surface area contributed by atoms with Crippen LogP contribution < -0.4 is 4.74 Å². The molecule has 0 aliphatic carbocycles. The molecule has 2 heterocycles. The number of nitrogens with zero attached hydrogens (tertiary/aromatic N) is 1. The molecule has 0 saturated carbocycles. The summed E-state index contributed by atoms with van der Waals surface area (Å²) in [4.78, 5) is 0.276. The van der Waals surface area contributed by atoms with Crippen LogP contribution in [0.3, 0.4) is 0 Å². The first-order valence-corrected chi connectivity index (χ1v) is 7.27. The Morgan fingerprint density at radius 1 is 1.44 bits per heavy atom. The average Bonchev–Trinajstić information content (AvgIpc) is 2.62. The lowest BCUT2D eigenvalue weighted by atomic mass is 10.3. The zero-order valence-corrected chi connectivity index (χ0v) is 10.8. The molecule has 0 radical (unpaired) electrons. The largest absolute Gasteiger partial charge is 0.488 e. The second kappa shape index (κ2) is 3.45. The Labute approximate surface area is 102 Å². The zero-order valence-electron chi connectivity index (χ0n) is 8.39. The van der Waals surface area contributed by atoms with E-state index in [4.69, 9.17) is 4.74 Å². The minimum atomic E-state index is -3.36. The number of benzene rings is 1. The molecular formula is C10H10BrNO3S. The number of halogens is 1. The highest BCUT2D eigenvalue weighted by atomic mass is 79.9. The van der Waals surface area contributed by atoms with Crippen LogP contribution in [0.5, 0.6) is 5.75 Å². The summed E-state index contributed by atoms with van der Waals surface area (Å²) in [6.07, 6.45) is 0.760. The monoisotopic (exact) mass is 303 g/mol. The molecule has 16 heavy (non-hydrogen) atoms. The molecule has 4 nitrogen and oxygen atoms in total. The minimum Gasteiger partial charge on any atom is -0.488 e. The summed E-state index contributed by atoms with van der Waals surface area (Å²) >= 11 is 3.32. The van der Waals surface area contributed by atoms with Crippen molar-refractivity contribution in [1.82, 2.24) is 4.31 Å². The van der Waals surface area contributed by atoms with Gasteiger partial charge in [-0.05, 0) is 24.6 Å². The van der Waals surface area contributed by atoms with Crippen LogP contribution in [-0.2, 0) is 10.0 Å². The van der Waals surface area contributed by atoms with E-state index in [0.717, 1.165) is 10.9 Å². The second-order valence-electron chi connectivity index (χ2n) is 3.98. The Bertz CT molecular complexity index is 543. The van der Waals surface area contributed by atoms with Crippen LogP contribution in [0.15, 0.2) is 27.6 Å². The van der Waals surface area contributed by atoms with Gasteiger partial charge in [-0.15, -0.1) is 0 Å². The first-order valence-electron chi connectivity index (χ1n) is 5.04. The van der Waals surface area contributed by atoms with Gasteiger partial charge in [-0.3, -0.25) is 0 Å². The number of fused-ring (bicyclic) bond motifs is 3. The van der Waals surface area contributed by atoms with Crippen molar-refractivity contribution in [3.63, 3.8) is 0 Å². The van der Waals surface area contributed by atoms with Gasteiger partial charge >= 0.3 is 0 Å². The fraction of sp³-hybridized carbons (Fsp3) is 0.400. The summed E-state index contributed by atoms with van der Waals surface area (Å²) in [7, 11) is -3.36. The smallest absolute Gasteiger partial charge is 0.246 e. The molecule has 3 rings (SSSR count). The van der Waals surface area contributed by atoms with Crippen molar-refractivity contribution in [3.8, 4) is 5.75 Å². The number of hydrogen-bond acceptors (Lipinski definition) is 3. The molecule has 1 aromatic carbocycles. The fourth-order valence-electron chi connectivity index (χ4n) is 2.12. The summed E-state index contributed by atoms with van der Waals surface area (Å²) in [6, 6.07) is 5.03. The lowest BCUT2D eigenvalue weighted by molar-refractivity contribution is 0.215. The highest BCUT2D eigenvalue weighted by Crippen LogP contribution is 2.36. The number of rotatable bonds is 0. The molecule has 2 bridgehead atoms. The quantitative estimate of drug-likeness (QED) is 0.731. The molecule has 0 spiro atoms. The van der Waals surface area contributed by atoms with E-state index >= 15 is 0 Å². The van der Waals surface area contributed by atoms with Crippen molar-refractivity contribution in [3.05, 3.63) is 22.7 Å². The molecule has 0 N–H and O–H groups in total. The summed E-state index contributed by atoms with van der Waals surface area (Å²) in [5.41, 5.74) is 0. The Balaban J connectivity index is 2.23. The topological polar surface area (TPSA) is 46.6 Å². The minimum absolute atomic E-state index is 0.00896. The van der Waals surface area contributed by atoms with Gasteiger partial charge in [0.1, 0.15) is 16.7 Å². The maximum Gasteiger partial charge on any atom is 0.246 e. The normalized spacial score (nSPS) is 30.3. The third kappa shape index (κ3) is 1.48. The molecule has 1 fully saturated rings. The van der Waals surface area contributed by atoms with E-state index in [2.05, 4.69) is 15.9 Å². The number of sulfonamides is 1. The maximum atomic E-state index is 12.2. The van der Waals surface area contributed by atoms with Gasteiger partial charge in [0.15, 0.2) is 0 Å². The Hall–Kier alpha value is -0.590. The van der Waals surface area contributed by atoms with Crippen LogP contribution in [0, 0.1) is 0 Å². The van der Waals surface area contributed by atoms with Crippen LogP contribution in [-0.4, -0.2) is 31.9 Å². The summed E-state index contributed by atoms with van der Waals surface area (Å²) < 4.78 is 32.5. The molecule has 1 aromatic rings. The number of hydrogen-bond donors (Lipinski definition) is 0. The van der Waals surface area contributed by atoms with Crippen molar-refractivity contribution in [2.45, 2.75) is 17.4 Å². The molecule has 2 aliphatic rings. The van der Waals surface area contributed by atoms with Gasteiger partial charge in [0, 0.05) is 11.0 Å². The van der Waals surface area contributed by atoms with Crippen LogP contribution in [0.2, 0.25) is 0 Å². The fourth-order valence-corrected chi connectivity index (χ4v) is 4.05. The first-order chi connectivity index (χ1) is 7.57. The van der Waals surface area contributed by atoms with Gasteiger partial charge in [-0.2, -0.15) is 4.31 Å². The molecule has 6 heteroatoms. The van der Waals surface area contributed by atoms with Crippen LogP contribution in [0.1, 0.15) is 6.42 Å². The van der Waals surface area contributed by atoms with E-state index in [-0.39, 0.29) is 11.0 Å². The molecule has 1 saturated heterocycles. The average molecular weight is 304 g/mol. The first kappa shape index (κ1) is 10.6. The summed E-state index contributed by atoms with van der Waals surface area (Å²) in [5.74, 6) is 0.460. The molecule has 0 aromatic heterocycles. The van der Waals surface area contributed by atoms with Crippen LogP contribution >= 0.6 is 15.9 Å². The number of ether oxygens (including phenoxy) is 1. The van der Waals surface area contributed by atoms with Crippen molar-refractivity contribution in [2.75, 3.05) is 13.1 Å². The van der Waals surface area contributed by atoms with Crippen molar-refractivity contribution in [1.29, 1.82) is 0 Å². The maximum absolute atomic E-state index is 12.2. The lowest BCUT2D eigenvalue weighted by Crippen LogP contribution is -2.28. The van der Waals surface area contributed by atoms with E-state index < -0.39 is 10.0 Å². The summed E-state index contributed by atoms with van der Waals surface area (Å²) in [5, 5.41) is 0. The molecule has 2 unspecified atom stereocenters. The lowest BCUT2D eigenvalue weighted by Gasteiger charge is -2.16. The standard InChI is InChI=1S/C10H10BrNO3S/c11-7-1-2-10-9(5-7)15-8-3-4-12(6-8)16(10,13)14/h1-2,5,8H,3-4,6H2. The van der Waals surface area contributed by atoms with Crippen LogP contribution in [0.4, 0.5) is 0 Å². The Morgan fingerprint density at radius 2 is 2.25 bits per heavy atom. The van der Waals surface area contributed by atoms with E-state index in [1.54, 1.807) is 18.2 Å². The van der Waals surface area contributed by atoms with Crippen molar-refractivity contribution in [2.24, 2.45) is 0 Å². The molecule has 2 aliphatic heterocycles. The second-order valence-corrected chi connectivity index (χ2v) is 6.80. The Morgan fingerprint density at radius 3 is 3.06 bits per heavy atom. The molecule has 2 atom stereocenters. The van der Waals surface area contributed by atoms with E-state index in [0.29, 0.717) is 18.8 Å². The van der Waals surface area contributed by atoms with Crippen molar-refractivity contribution >= 4 is 26.0 Å². The SMILES string of the molecule is O=S1(=O)c2ccc(Br)cc2OC2CCN1C2. The van der Waals surface area contributed by atoms with Gasteiger partial charge < -0.3 is 4.74 Å². The molecule has 86 valence electrons. The molecular weight excluding hydrogens is 294 g/mol. The van der Waals surface area contributed by atoms with Gasteiger partial charge in [-0.25, -0.2) is 8.42 Å². The van der Waals surface area contributed by atoms with E-state index in [1.165, 1.54) is 4.31 Å². The predicted octanol–water partition coefficient (Wildman–Crippen LogP) is 1.60. The van der Waals surface area contributed by atoms with Gasteiger partial charge in [0.2, 0.25) is 10.0 Å². The third-order valence-corrected chi connectivity index (χ3v) is 5.32. The van der Waals surface area contributed by atoms with Crippen molar-refractivity contribution < 1.29 is 13.2 Å². The van der Waals surface area contributed by atoms with Gasteiger partial charge in [0.05, 0.1) is 6.54 Å². The Kier molecular flexibility index (Phi) is 2.28. The zero-order chi connectivity index (χ0) is 11.3. The van der Waals surface area contributed by atoms with Gasteiger partial charge in [0.25, 0.3) is 0 Å². The molecule has 0 amide bonds. The van der Waals surface area contributed by atoms with Gasteiger partial charge in [-0.1, -0.05) is 15.9 Å². The summed E-state index contributed by atoms with van der Waals surface area (Å²) in [6.45, 7) is 1.02. The van der Waals surface area contributed by atoms with Crippen LogP contribution in [0.25, 0.3) is 0 Å². The van der Waals surface area contributed by atoms with E-state index in [9.17, 15) is 8.42 Å². The highest BCUT2D eigenvalue weighted by molar-refractivity contribution is 9.10. The predicted molar refractivity (Wildman–Crippen MR) is 61.9 cm³/mol. The highest BCUT2D eigenvalue weighted by Gasteiger charge is 2.39.